The minimum absolute atomic E-state index is 0.743. The van der Waals surface area contributed by atoms with E-state index in [1.54, 1.807) is 7.11 Å². The normalized spacial score (nSPS) is 29.8. The minimum Gasteiger partial charge on any atom is -0.497 e. The molecule has 0 amide bonds. The molecule has 0 radical (unpaired) electrons. The molecule has 0 bridgehead atoms. The second-order valence-corrected chi connectivity index (χ2v) is 9.00. The van der Waals surface area contributed by atoms with Gasteiger partial charge in [-0.1, -0.05) is 71.1 Å². The van der Waals surface area contributed by atoms with Gasteiger partial charge in [-0.15, -0.1) is 0 Å². The Morgan fingerprint density at radius 2 is 1.52 bits per heavy atom. The van der Waals surface area contributed by atoms with Crippen molar-refractivity contribution in [2.45, 2.75) is 97.3 Å². The van der Waals surface area contributed by atoms with E-state index in [1.807, 2.05) is 6.08 Å². The maximum Gasteiger partial charge on any atom is 0.111 e. The lowest BCUT2D eigenvalue weighted by Crippen LogP contribution is -2.26. The monoisotopic (exact) mass is 372 g/mol. The lowest BCUT2D eigenvalue weighted by atomic mass is 9.67. The fraction of sp³-hybridized carbons (Fsp3) is 0.769. The molecule has 0 aromatic rings. The van der Waals surface area contributed by atoms with Gasteiger partial charge in [0.2, 0.25) is 0 Å². The van der Waals surface area contributed by atoms with Gasteiger partial charge in [-0.25, -0.2) is 0 Å². The molecule has 0 atom stereocenters. The van der Waals surface area contributed by atoms with Gasteiger partial charge in [0.15, 0.2) is 0 Å². The zero-order valence-electron chi connectivity index (χ0n) is 18.3. The summed E-state index contributed by atoms with van der Waals surface area (Å²) >= 11 is 0. The molecule has 1 nitrogen and oxygen atoms in total. The average Bonchev–Trinajstić information content (AvgIpc) is 2.72. The largest absolute Gasteiger partial charge is 0.497 e. The van der Waals surface area contributed by atoms with E-state index in [0.29, 0.717) is 0 Å². The maximum absolute atomic E-state index is 5.19. The van der Waals surface area contributed by atoms with Crippen molar-refractivity contribution in [2.24, 2.45) is 23.7 Å². The molecule has 2 rings (SSSR count). The number of rotatable bonds is 10. The van der Waals surface area contributed by atoms with Gasteiger partial charge in [0.05, 0.1) is 7.11 Å². The number of unbranched alkanes of at least 4 members (excludes halogenated alkanes) is 2. The Balaban J connectivity index is 1.77. The third-order valence-electron chi connectivity index (χ3n) is 7.18. The highest BCUT2D eigenvalue weighted by atomic mass is 16.5. The highest BCUT2D eigenvalue weighted by Crippen LogP contribution is 2.43. The first kappa shape index (κ1) is 22.3. The molecular weight excluding hydrogens is 328 g/mol. The number of hydrogen-bond acceptors (Lipinski definition) is 1. The maximum atomic E-state index is 5.19. The van der Waals surface area contributed by atoms with Crippen LogP contribution in [0.3, 0.4) is 0 Å². The van der Waals surface area contributed by atoms with E-state index in [0.717, 1.165) is 35.9 Å². The van der Waals surface area contributed by atoms with E-state index >= 15 is 0 Å². The van der Waals surface area contributed by atoms with Crippen molar-refractivity contribution in [1.29, 1.82) is 0 Å². The van der Waals surface area contributed by atoms with Crippen LogP contribution in [0.25, 0.3) is 0 Å². The first-order valence-corrected chi connectivity index (χ1v) is 11.8. The molecule has 0 aromatic carbocycles. The first-order valence-electron chi connectivity index (χ1n) is 11.8. The molecular formula is C26H44O. The molecule has 0 heterocycles. The molecule has 0 spiro atoms. The molecule has 0 N–H and O–H groups in total. The quantitative estimate of drug-likeness (QED) is 0.213. The van der Waals surface area contributed by atoms with Crippen LogP contribution in [-0.2, 0) is 4.74 Å². The number of methoxy groups -OCH3 is 1. The Bertz CT molecular complexity index is 470. The fourth-order valence-corrected chi connectivity index (χ4v) is 5.42. The summed E-state index contributed by atoms with van der Waals surface area (Å²) in [5, 5.41) is 0. The van der Waals surface area contributed by atoms with Gasteiger partial charge in [0.25, 0.3) is 0 Å². The van der Waals surface area contributed by atoms with Gasteiger partial charge in [0.1, 0.15) is 5.76 Å². The van der Waals surface area contributed by atoms with E-state index in [2.05, 4.69) is 32.6 Å². The Kier molecular flexibility index (Phi) is 10.3. The van der Waals surface area contributed by atoms with Crippen molar-refractivity contribution in [3.8, 4) is 0 Å². The van der Waals surface area contributed by atoms with Gasteiger partial charge in [-0.3, -0.25) is 0 Å². The van der Waals surface area contributed by atoms with Crippen molar-refractivity contribution < 1.29 is 4.74 Å². The van der Waals surface area contributed by atoms with Crippen molar-refractivity contribution in [1.82, 2.24) is 0 Å². The van der Waals surface area contributed by atoms with Crippen LogP contribution < -0.4 is 0 Å². The standard InChI is InChI=1S/C26H44O/c1-5-7-8-10-22-12-15-24(16-13-22)26-19-17-25(18-20-26)23(9-6-2)14-11-21(3)27-4/h9,11,14,22,24-26H,3,5-8,10,12-13,15-20H2,1-2,4H3/b14-11-,23-9+. The van der Waals surface area contributed by atoms with Crippen molar-refractivity contribution in [3.63, 3.8) is 0 Å². The first-order chi connectivity index (χ1) is 13.2. The van der Waals surface area contributed by atoms with E-state index in [4.69, 9.17) is 4.74 Å². The molecule has 0 saturated heterocycles. The molecule has 2 aliphatic carbocycles. The van der Waals surface area contributed by atoms with Gasteiger partial charge in [-0.2, -0.15) is 0 Å². The number of hydrogen-bond donors (Lipinski definition) is 0. The minimum atomic E-state index is 0.743. The van der Waals surface area contributed by atoms with Crippen molar-refractivity contribution in [2.75, 3.05) is 7.11 Å². The van der Waals surface area contributed by atoms with E-state index in [1.165, 1.54) is 82.6 Å². The third-order valence-corrected chi connectivity index (χ3v) is 7.18. The van der Waals surface area contributed by atoms with Gasteiger partial charge in [-0.05, 0) is 80.3 Å². The van der Waals surface area contributed by atoms with Crippen LogP contribution in [-0.4, -0.2) is 7.11 Å². The van der Waals surface area contributed by atoms with Crippen LogP contribution in [0.4, 0.5) is 0 Å². The van der Waals surface area contributed by atoms with Crippen LogP contribution >= 0.6 is 0 Å². The molecule has 2 aliphatic rings. The zero-order valence-corrected chi connectivity index (χ0v) is 18.3. The predicted molar refractivity (Wildman–Crippen MR) is 119 cm³/mol. The number of ether oxygens (including phenoxy) is 1. The van der Waals surface area contributed by atoms with Crippen LogP contribution in [0, 0.1) is 23.7 Å². The molecule has 2 saturated carbocycles. The second-order valence-electron chi connectivity index (χ2n) is 9.00. The highest BCUT2D eigenvalue weighted by molar-refractivity contribution is 5.26. The molecule has 0 unspecified atom stereocenters. The molecule has 2 fully saturated rings. The average molecular weight is 373 g/mol. The van der Waals surface area contributed by atoms with Gasteiger partial charge >= 0.3 is 0 Å². The van der Waals surface area contributed by atoms with Crippen molar-refractivity contribution >= 4 is 0 Å². The Labute approximate surface area is 169 Å². The lowest BCUT2D eigenvalue weighted by molar-refractivity contribution is 0.150. The molecule has 27 heavy (non-hydrogen) atoms. The molecule has 0 aliphatic heterocycles. The van der Waals surface area contributed by atoms with E-state index in [-0.39, 0.29) is 0 Å². The summed E-state index contributed by atoms with van der Waals surface area (Å²) in [7, 11) is 1.69. The summed E-state index contributed by atoms with van der Waals surface area (Å²) in [5.41, 5.74) is 1.51. The fourth-order valence-electron chi connectivity index (χ4n) is 5.42. The zero-order chi connectivity index (χ0) is 19.5. The van der Waals surface area contributed by atoms with Crippen molar-refractivity contribution in [3.05, 3.63) is 36.1 Å². The van der Waals surface area contributed by atoms with E-state index in [9.17, 15) is 0 Å². The Morgan fingerprint density at radius 1 is 0.889 bits per heavy atom. The van der Waals surface area contributed by atoms with E-state index < -0.39 is 0 Å². The Morgan fingerprint density at radius 3 is 2.07 bits per heavy atom. The lowest BCUT2D eigenvalue weighted by Gasteiger charge is -2.38. The summed E-state index contributed by atoms with van der Waals surface area (Å²) in [6, 6.07) is 0. The van der Waals surface area contributed by atoms with Crippen LogP contribution in [0.5, 0.6) is 0 Å². The van der Waals surface area contributed by atoms with Crippen LogP contribution in [0.1, 0.15) is 97.3 Å². The topological polar surface area (TPSA) is 9.23 Å². The SMILES string of the molecule is C=C(/C=C\C(=C/CC)C1CCC(C2CCC(CCCCC)CC2)CC1)OC. The predicted octanol–water partition coefficient (Wildman–Crippen LogP) is 8.23. The molecule has 1 heteroatoms. The second kappa shape index (κ2) is 12.5. The van der Waals surface area contributed by atoms with Crippen LogP contribution in [0.2, 0.25) is 0 Å². The summed E-state index contributed by atoms with van der Waals surface area (Å²) in [4.78, 5) is 0. The highest BCUT2D eigenvalue weighted by Gasteiger charge is 2.31. The number of allylic oxidation sites excluding steroid dienone is 4. The summed E-state index contributed by atoms with van der Waals surface area (Å²) in [6.45, 7) is 8.47. The molecule has 154 valence electrons. The summed E-state index contributed by atoms with van der Waals surface area (Å²) < 4.78 is 5.19. The molecule has 0 aromatic heterocycles. The van der Waals surface area contributed by atoms with Crippen LogP contribution in [0.15, 0.2) is 36.1 Å². The summed E-state index contributed by atoms with van der Waals surface area (Å²) in [5.74, 6) is 4.56. The summed E-state index contributed by atoms with van der Waals surface area (Å²) in [6.07, 6.45) is 25.2. The van der Waals surface area contributed by atoms with Gasteiger partial charge < -0.3 is 4.74 Å². The van der Waals surface area contributed by atoms with Gasteiger partial charge in [0, 0.05) is 0 Å². The smallest absolute Gasteiger partial charge is 0.111 e. The Hall–Kier alpha value is -0.980. The third kappa shape index (κ3) is 7.51.